The fourth-order valence-corrected chi connectivity index (χ4v) is 2.82. The maximum atomic E-state index is 13.0. The number of rotatable bonds is 4. The predicted octanol–water partition coefficient (Wildman–Crippen LogP) is 2.58. The summed E-state index contributed by atoms with van der Waals surface area (Å²) >= 11 is 0. The zero-order valence-electron chi connectivity index (χ0n) is 14.7. The number of amides is 2. The van der Waals surface area contributed by atoms with Gasteiger partial charge in [0.2, 0.25) is 0 Å². The molecule has 0 fully saturated rings. The first-order valence-electron chi connectivity index (χ1n) is 8.16. The Hall–Kier alpha value is -3.68. The van der Waals surface area contributed by atoms with Crippen LogP contribution in [0.25, 0.3) is 10.9 Å². The summed E-state index contributed by atoms with van der Waals surface area (Å²) in [7, 11) is 3.14. The molecular weight excluding hydrogens is 348 g/mol. The molecule has 0 bridgehead atoms. The van der Waals surface area contributed by atoms with Crippen molar-refractivity contribution in [3.63, 3.8) is 0 Å². The summed E-state index contributed by atoms with van der Waals surface area (Å²) in [6, 6.07) is 11.8. The number of urea groups is 1. The lowest BCUT2D eigenvalue weighted by Gasteiger charge is -2.26. The van der Waals surface area contributed by atoms with E-state index in [1.54, 1.807) is 44.4 Å². The molecule has 0 aliphatic heterocycles. The first-order valence-corrected chi connectivity index (χ1v) is 8.16. The van der Waals surface area contributed by atoms with Crippen molar-refractivity contribution in [3.8, 4) is 5.75 Å². The lowest BCUT2D eigenvalue weighted by atomic mass is 9.95. The van der Waals surface area contributed by atoms with Gasteiger partial charge < -0.3 is 15.3 Å². The van der Waals surface area contributed by atoms with Crippen LogP contribution in [0.4, 0.5) is 10.5 Å². The van der Waals surface area contributed by atoms with E-state index >= 15 is 0 Å². The second kappa shape index (κ2) is 7.28. The normalized spacial score (nSPS) is 11.8. The van der Waals surface area contributed by atoms with E-state index in [1.165, 1.54) is 29.3 Å². The van der Waals surface area contributed by atoms with E-state index in [0.717, 1.165) is 0 Å². The molecule has 0 aliphatic carbocycles. The molecule has 0 saturated heterocycles. The lowest BCUT2D eigenvalue weighted by molar-refractivity contribution is -0.383. The van der Waals surface area contributed by atoms with Crippen LogP contribution in [0.15, 0.2) is 54.7 Å². The number of nitrogens with one attached hydrogen (secondary N) is 1. The Morgan fingerprint density at radius 1 is 1.19 bits per heavy atom. The maximum absolute atomic E-state index is 13.0. The molecule has 0 radical (unpaired) electrons. The predicted molar refractivity (Wildman–Crippen MR) is 98.3 cm³/mol. The number of nitrogens with zero attached hydrogens (tertiary/aromatic N) is 3. The highest BCUT2D eigenvalue weighted by Gasteiger charge is 2.24. The lowest BCUT2D eigenvalue weighted by Crippen LogP contribution is -2.37. The van der Waals surface area contributed by atoms with Crippen LogP contribution in [0.2, 0.25) is 0 Å². The topological polar surface area (TPSA) is 111 Å². The third-order valence-electron chi connectivity index (χ3n) is 4.17. The summed E-state index contributed by atoms with van der Waals surface area (Å²) in [4.78, 5) is 28.6. The molecule has 1 heterocycles. The zero-order valence-corrected chi connectivity index (χ0v) is 14.7. The molecule has 8 nitrogen and oxygen atoms in total. The second-order valence-electron chi connectivity index (χ2n) is 6.16. The average molecular weight is 365 g/mol. The smallest absolute Gasteiger partial charge is 0.317 e. The van der Waals surface area contributed by atoms with E-state index in [9.17, 15) is 20.0 Å². The number of pyridine rings is 1. The Morgan fingerprint density at radius 3 is 2.52 bits per heavy atom. The quantitative estimate of drug-likeness (QED) is 0.564. The van der Waals surface area contributed by atoms with Gasteiger partial charge in [0.25, 0.3) is 5.69 Å². The van der Waals surface area contributed by atoms with Crippen molar-refractivity contribution >= 4 is 22.6 Å². The van der Waals surface area contributed by atoms with Crippen LogP contribution in [0, 0.1) is 10.1 Å². The van der Waals surface area contributed by atoms with E-state index < -0.39 is 22.7 Å². The van der Waals surface area contributed by atoms with Crippen molar-refractivity contribution in [3.05, 3.63) is 76.0 Å². The SMILES string of the molecule is CN(C)C(=O)N[C@@H](c1ccccc1)c1cc([N+](=O)[O-])c2cccnc2c1[O-]. The first-order chi connectivity index (χ1) is 12.9. The highest BCUT2D eigenvalue weighted by Crippen LogP contribution is 2.37. The zero-order chi connectivity index (χ0) is 19.6. The summed E-state index contributed by atoms with van der Waals surface area (Å²) in [6.45, 7) is 0. The van der Waals surface area contributed by atoms with E-state index in [2.05, 4.69) is 10.3 Å². The molecule has 8 heteroatoms. The van der Waals surface area contributed by atoms with Gasteiger partial charge in [0.1, 0.15) is 0 Å². The number of carbonyl (C=O) groups excluding carboxylic acids is 1. The summed E-state index contributed by atoms with van der Waals surface area (Å²) in [5.41, 5.74) is 0.498. The second-order valence-corrected chi connectivity index (χ2v) is 6.16. The van der Waals surface area contributed by atoms with Gasteiger partial charge in [-0.15, -0.1) is 0 Å². The largest absolute Gasteiger partial charge is 0.871 e. The van der Waals surface area contributed by atoms with E-state index in [-0.39, 0.29) is 22.2 Å². The van der Waals surface area contributed by atoms with E-state index in [4.69, 9.17) is 0 Å². The summed E-state index contributed by atoms with van der Waals surface area (Å²) in [5, 5.41) is 27.5. The minimum absolute atomic E-state index is 0.00160. The minimum atomic E-state index is -0.848. The number of nitro benzene ring substituents is 1. The van der Waals surface area contributed by atoms with Crippen molar-refractivity contribution in [2.45, 2.75) is 6.04 Å². The number of hydrogen-bond acceptors (Lipinski definition) is 5. The van der Waals surface area contributed by atoms with E-state index in [0.29, 0.717) is 5.56 Å². The number of aromatic nitrogens is 1. The van der Waals surface area contributed by atoms with Crippen molar-refractivity contribution in [1.29, 1.82) is 0 Å². The number of hydrogen-bond donors (Lipinski definition) is 1. The van der Waals surface area contributed by atoms with Gasteiger partial charge in [0.05, 0.1) is 21.9 Å². The molecule has 3 rings (SSSR count). The fourth-order valence-electron chi connectivity index (χ4n) is 2.82. The van der Waals surface area contributed by atoms with Crippen LogP contribution in [-0.4, -0.2) is 34.9 Å². The number of fused-ring (bicyclic) bond motifs is 1. The molecule has 1 aromatic heterocycles. The number of carbonyl (C=O) groups is 1. The van der Waals surface area contributed by atoms with Crippen LogP contribution in [0.5, 0.6) is 5.75 Å². The molecule has 0 aliphatic rings. The Morgan fingerprint density at radius 2 is 1.89 bits per heavy atom. The molecule has 2 aromatic carbocycles. The van der Waals surface area contributed by atoms with Crippen molar-refractivity contribution in [2.24, 2.45) is 0 Å². The molecule has 0 spiro atoms. The maximum Gasteiger partial charge on any atom is 0.317 e. The van der Waals surface area contributed by atoms with Gasteiger partial charge >= 0.3 is 6.03 Å². The standard InChI is InChI=1S/C19H18N4O4/c1-22(2)19(25)21-16(12-7-4-3-5-8-12)14-11-15(23(26)27)13-9-6-10-20-17(13)18(14)24/h3-11,16,24H,1-2H3,(H,21,25)/p-1/t16-/m0/s1. The molecule has 1 N–H and O–H groups in total. The number of benzene rings is 2. The average Bonchev–Trinajstić information content (AvgIpc) is 2.67. The molecule has 0 saturated carbocycles. The Balaban J connectivity index is 2.25. The highest BCUT2D eigenvalue weighted by molar-refractivity contribution is 5.93. The Bertz CT molecular complexity index is 1010. The van der Waals surface area contributed by atoms with Crippen molar-refractivity contribution < 1.29 is 14.8 Å². The molecular formula is C19H17N4O4-. The Labute approximate surface area is 155 Å². The molecule has 0 unspecified atom stereocenters. The van der Waals surface area contributed by atoms with Gasteiger partial charge in [-0.05, 0) is 23.3 Å². The van der Waals surface area contributed by atoms with Crippen molar-refractivity contribution in [2.75, 3.05) is 14.1 Å². The Kier molecular flexibility index (Phi) is 4.89. The van der Waals surface area contributed by atoms with Crippen LogP contribution in [0.1, 0.15) is 17.2 Å². The number of non-ortho nitro benzene ring substituents is 1. The fraction of sp³-hybridized carbons (Fsp3) is 0.158. The molecule has 2 amide bonds. The monoisotopic (exact) mass is 365 g/mol. The van der Waals surface area contributed by atoms with E-state index in [1.807, 2.05) is 0 Å². The third-order valence-corrected chi connectivity index (χ3v) is 4.17. The molecule has 1 atom stereocenters. The summed E-state index contributed by atoms with van der Waals surface area (Å²) in [6.07, 6.45) is 1.41. The molecule has 27 heavy (non-hydrogen) atoms. The van der Waals surface area contributed by atoms with Gasteiger partial charge in [-0.2, -0.15) is 0 Å². The summed E-state index contributed by atoms with van der Waals surface area (Å²) in [5.74, 6) is -0.455. The van der Waals surface area contributed by atoms with Crippen LogP contribution >= 0.6 is 0 Å². The van der Waals surface area contributed by atoms with Crippen LogP contribution < -0.4 is 10.4 Å². The molecule has 3 aromatic rings. The third kappa shape index (κ3) is 3.50. The van der Waals surface area contributed by atoms with Gasteiger partial charge in [-0.3, -0.25) is 15.1 Å². The van der Waals surface area contributed by atoms with Gasteiger partial charge in [0, 0.05) is 26.4 Å². The van der Waals surface area contributed by atoms with Crippen molar-refractivity contribution in [1.82, 2.24) is 15.2 Å². The van der Waals surface area contributed by atoms with Gasteiger partial charge in [0.15, 0.2) is 0 Å². The van der Waals surface area contributed by atoms with Gasteiger partial charge in [-0.25, -0.2) is 4.79 Å². The van der Waals surface area contributed by atoms with Gasteiger partial charge in [-0.1, -0.05) is 36.1 Å². The summed E-state index contributed by atoms with van der Waals surface area (Å²) < 4.78 is 0. The number of nitro groups is 1. The first kappa shape index (κ1) is 18.1. The van der Waals surface area contributed by atoms with Crippen LogP contribution in [-0.2, 0) is 0 Å². The highest BCUT2D eigenvalue weighted by atomic mass is 16.6. The van der Waals surface area contributed by atoms with Crippen LogP contribution in [0.3, 0.4) is 0 Å². The minimum Gasteiger partial charge on any atom is -0.871 e. The molecule has 138 valence electrons.